The summed E-state index contributed by atoms with van der Waals surface area (Å²) in [6.07, 6.45) is 0.857. The summed E-state index contributed by atoms with van der Waals surface area (Å²) in [4.78, 5) is 0. The second kappa shape index (κ2) is 6.85. The molecule has 0 spiro atoms. The second-order valence-electron chi connectivity index (χ2n) is 4.96. The Morgan fingerprint density at radius 1 is 1.14 bits per heavy atom. The summed E-state index contributed by atoms with van der Waals surface area (Å²) in [6.45, 7) is 5.40. The van der Waals surface area contributed by atoms with Crippen LogP contribution in [0, 0.1) is 25.2 Å². The van der Waals surface area contributed by atoms with Crippen LogP contribution < -0.4 is 9.47 Å². The minimum absolute atomic E-state index is 0.619. The predicted octanol–water partition coefficient (Wildman–Crippen LogP) is 3.45. The number of hydrogen-bond acceptors (Lipinski definition) is 3. The van der Waals surface area contributed by atoms with E-state index in [2.05, 4.69) is 6.07 Å². The van der Waals surface area contributed by atoms with E-state index >= 15 is 0 Å². The van der Waals surface area contributed by atoms with Crippen LogP contribution in [0.25, 0.3) is 0 Å². The molecule has 2 aromatic rings. The highest BCUT2D eigenvalue weighted by Crippen LogP contribution is 2.18. The molecule has 1 aromatic carbocycles. The molecule has 0 fully saturated rings. The van der Waals surface area contributed by atoms with Crippen LogP contribution >= 0.6 is 0 Å². The minimum atomic E-state index is 0.619. The first-order valence-corrected chi connectivity index (χ1v) is 6.99. The Morgan fingerprint density at radius 2 is 1.81 bits per heavy atom. The van der Waals surface area contributed by atoms with E-state index in [1.165, 1.54) is 0 Å². The third-order valence-electron chi connectivity index (χ3n) is 3.45. The fourth-order valence-electron chi connectivity index (χ4n) is 2.37. The van der Waals surface area contributed by atoms with Gasteiger partial charge in [-0.2, -0.15) is 5.26 Å². The third-order valence-corrected chi connectivity index (χ3v) is 3.45. The zero-order valence-electron chi connectivity index (χ0n) is 12.7. The standard InChI is InChI=1S/C17H20N2O2/c1-13-11-14(2)19(17(13)12-18)9-4-10-21-16-7-5-15(20-3)6-8-16/h5-8,11H,4,9-10H2,1-3H3. The minimum Gasteiger partial charge on any atom is -0.497 e. The maximum Gasteiger partial charge on any atom is 0.123 e. The molecule has 0 N–H and O–H groups in total. The van der Waals surface area contributed by atoms with Gasteiger partial charge in [-0.05, 0) is 56.2 Å². The summed E-state index contributed by atoms with van der Waals surface area (Å²) >= 11 is 0. The highest BCUT2D eigenvalue weighted by atomic mass is 16.5. The number of benzene rings is 1. The summed E-state index contributed by atoms with van der Waals surface area (Å²) in [6, 6.07) is 11.9. The Hall–Kier alpha value is -2.41. The maximum absolute atomic E-state index is 9.18. The summed E-state index contributed by atoms with van der Waals surface area (Å²) < 4.78 is 12.8. The van der Waals surface area contributed by atoms with Crippen LogP contribution in [0.3, 0.4) is 0 Å². The predicted molar refractivity (Wildman–Crippen MR) is 81.7 cm³/mol. The van der Waals surface area contributed by atoms with Crippen LogP contribution in [0.2, 0.25) is 0 Å². The second-order valence-corrected chi connectivity index (χ2v) is 4.96. The van der Waals surface area contributed by atoms with Crippen LogP contribution in [0.1, 0.15) is 23.4 Å². The molecule has 0 saturated heterocycles. The van der Waals surface area contributed by atoms with Gasteiger partial charge in [0, 0.05) is 12.2 Å². The fourth-order valence-corrected chi connectivity index (χ4v) is 2.37. The molecule has 0 atom stereocenters. The topological polar surface area (TPSA) is 47.2 Å². The summed E-state index contributed by atoms with van der Waals surface area (Å²) in [5.74, 6) is 1.65. The number of hydrogen-bond donors (Lipinski definition) is 0. The van der Waals surface area contributed by atoms with Gasteiger partial charge in [-0.3, -0.25) is 0 Å². The van der Waals surface area contributed by atoms with Gasteiger partial charge in [0.25, 0.3) is 0 Å². The summed E-state index contributed by atoms with van der Waals surface area (Å²) in [5, 5.41) is 9.18. The monoisotopic (exact) mass is 284 g/mol. The lowest BCUT2D eigenvalue weighted by molar-refractivity contribution is 0.300. The Morgan fingerprint density at radius 3 is 2.43 bits per heavy atom. The van der Waals surface area contributed by atoms with Crippen LogP contribution in [0.15, 0.2) is 30.3 Å². The number of aryl methyl sites for hydroxylation is 2. The van der Waals surface area contributed by atoms with Crippen molar-refractivity contribution in [2.75, 3.05) is 13.7 Å². The van der Waals surface area contributed by atoms with Gasteiger partial charge < -0.3 is 14.0 Å². The molecule has 110 valence electrons. The quantitative estimate of drug-likeness (QED) is 0.763. The Kier molecular flexibility index (Phi) is 4.89. The number of rotatable bonds is 6. The van der Waals surface area contributed by atoms with Crippen LogP contribution in [0.5, 0.6) is 11.5 Å². The largest absolute Gasteiger partial charge is 0.497 e. The van der Waals surface area contributed by atoms with E-state index in [0.29, 0.717) is 6.61 Å². The molecule has 0 saturated carbocycles. The van der Waals surface area contributed by atoms with Gasteiger partial charge in [0.2, 0.25) is 0 Å². The lowest BCUT2D eigenvalue weighted by Crippen LogP contribution is -2.07. The van der Waals surface area contributed by atoms with Crippen LogP contribution in [-0.4, -0.2) is 18.3 Å². The van der Waals surface area contributed by atoms with Crippen molar-refractivity contribution in [1.29, 1.82) is 5.26 Å². The molecule has 1 heterocycles. The molecule has 0 radical (unpaired) electrons. The molecule has 4 nitrogen and oxygen atoms in total. The van der Waals surface area contributed by atoms with Gasteiger partial charge in [0.1, 0.15) is 23.3 Å². The van der Waals surface area contributed by atoms with Crippen molar-refractivity contribution in [2.24, 2.45) is 0 Å². The molecular weight excluding hydrogens is 264 g/mol. The molecule has 0 aliphatic heterocycles. The molecule has 0 aliphatic rings. The molecule has 2 rings (SSSR count). The van der Waals surface area contributed by atoms with Gasteiger partial charge in [-0.1, -0.05) is 0 Å². The first-order chi connectivity index (χ1) is 10.2. The van der Waals surface area contributed by atoms with Crippen LogP contribution in [-0.2, 0) is 6.54 Å². The molecule has 0 amide bonds. The van der Waals surface area contributed by atoms with Gasteiger partial charge >= 0.3 is 0 Å². The molecule has 0 bridgehead atoms. The Bertz CT molecular complexity index is 636. The highest BCUT2D eigenvalue weighted by molar-refractivity contribution is 5.35. The lowest BCUT2D eigenvalue weighted by Gasteiger charge is -2.10. The highest BCUT2D eigenvalue weighted by Gasteiger charge is 2.08. The van der Waals surface area contributed by atoms with E-state index in [4.69, 9.17) is 9.47 Å². The van der Waals surface area contributed by atoms with Gasteiger partial charge in [-0.15, -0.1) is 0 Å². The number of nitriles is 1. The van der Waals surface area contributed by atoms with Crippen molar-refractivity contribution in [1.82, 2.24) is 4.57 Å². The number of nitrogens with zero attached hydrogens (tertiary/aromatic N) is 2. The molecule has 4 heteroatoms. The van der Waals surface area contributed by atoms with Crippen molar-refractivity contribution in [3.63, 3.8) is 0 Å². The smallest absolute Gasteiger partial charge is 0.123 e. The van der Waals surface area contributed by atoms with Gasteiger partial charge in [0.05, 0.1) is 13.7 Å². The lowest BCUT2D eigenvalue weighted by atomic mass is 10.3. The average molecular weight is 284 g/mol. The number of ether oxygens (including phenoxy) is 2. The van der Waals surface area contributed by atoms with Crippen molar-refractivity contribution < 1.29 is 9.47 Å². The average Bonchev–Trinajstić information content (AvgIpc) is 2.77. The Labute approximate surface area is 125 Å². The zero-order chi connectivity index (χ0) is 15.2. The first-order valence-electron chi connectivity index (χ1n) is 6.99. The maximum atomic E-state index is 9.18. The van der Waals surface area contributed by atoms with Crippen molar-refractivity contribution >= 4 is 0 Å². The molecule has 0 unspecified atom stereocenters. The van der Waals surface area contributed by atoms with E-state index in [9.17, 15) is 5.26 Å². The van der Waals surface area contributed by atoms with E-state index < -0.39 is 0 Å². The van der Waals surface area contributed by atoms with E-state index in [1.54, 1.807) is 7.11 Å². The summed E-state index contributed by atoms with van der Waals surface area (Å²) in [7, 11) is 1.64. The van der Waals surface area contributed by atoms with E-state index in [1.807, 2.05) is 48.7 Å². The van der Waals surface area contributed by atoms with Crippen molar-refractivity contribution in [3.8, 4) is 17.6 Å². The van der Waals surface area contributed by atoms with E-state index in [-0.39, 0.29) is 0 Å². The zero-order valence-corrected chi connectivity index (χ0v) is 12.7. The Balaban J connectivity index is 1.86. The van der Waals surface area contributed by atoms with Crippen LogP contribution in [0.4, 0.5) is 0 Å². The molecule has 21 heavy (non-hydrogen) atoms. The van der Waals surface area contributed by atoms with Gasteiger partial charge in [0.15, 0.2) is 0 Å². The fraction of sp³-hybridized carbons (Fsp3) is 0.353. The molecule has 0 aliphatic carbocycles. The van der Waals surface area contributed by atoms with Crippen molar-refractivity contribution in [3.05, 3.63) is 47.3 Å². The van der Waals surface area contributed by atoms with Crippen molar-refractivity contribution in [2.45, 2.75) is 26.8 Å². The van der Waals surface area contributed by atoms with E-state index in [0.717, 1.165) is 41.4 Å². The molecule has 1 aromatic heterocycles. The number of methoxy groups -OCH3 is 1. The van der Waals surface area contributed by atoms with Gasteiger partial charge in [-0.25, -0.2) is 0 Å². The first kappa shape index (κ1) is 15.0. The number of aromatic nitrogens is 1. The summed E-state index contributed by atoms with van der Waals surface area (Å²) in [5.41, 5.74) is 2.90. The SMILES string of the molecule is COc1ccc(OCCCn2c(C)cc(C)c2C#N)cc1. The molecular formula is C17H20N2O2. The normalized spacial score (nSPS) is 10.2. The third kappa shape index (κ3) is 3.57.